The summed E-state index contributed by atoms with van der Waals surface area (Å²) in [5.41, 5.74) is 9.84. The lowest BCUT2D eigenvalue weighted by atomic mass is 9.82. The summed E-state index contributed by atoms with van der Waals surface area (Å²) < 4.78 is 11.5. The summed E-state index contributed by atoms with van der Waals surface area (Å²) >= 11 is 0. The molecule has 1 aliphatic heterocycles. The molecule has 1 aliphatic rings. The van der Waals surface area contributed by atoms with Crippen LogP contribution in [0, 0.1) is 0 Å². The number of guanidine groups is 1. The number of pyridine rings is 1. The van der Waals surface area contributed by atoms with Crippen molar-refractivity contribution in [2.75, 3.05) is 27.3 Å². The molecule has 0 saturated heterocycles. The van der Waals surface area contributed by atoms with E-state index in [-0.39, 0.29) is 0 Å². The van der Waals surface area contributed by atoms with Crippen molar-refractivity contribution in [1.29, 1.82) is 0 Å². The van der Waals surface area contributed by atoms with Crippen LogP contribution in [-0.2, 0) is 5.54 Å². The Morgan fingerprint density at radius 3 is 2.52 bits per heavy atom. The number of aliphatic imine (C=N–C) groups is 1. The molecule has 0 spiro atoms. The van der Waals surface area contributed by atoms with E-state index < -0.39 is 5.54 Å². The largest absolute Gasteiger partial charge is 0.493 e. The van der Waals surface area contributed by atoms with Gasteiger partial charge in [0.1, 0.15) is 5.54 Å². The molecular weight excluding hydrogens is 388 g/mol. The Morgan fingerprint density at radius 2 is 1.84 bits per heavy atom. The molecule has 1 unspecified atom stereocenters. The number of ether oxygens (including phenoxy) is 2. The maximum atomic E-state index is 6.26. The lowest BCUT2D eigenvalue weighted by Gasteiger charge is -2.29. The molecule has 4 rings (SSSR count). The molecule has 0 fully saturated rings. The minimum atomic E-state index is -0.645. The summed E-state index contributed by atoms with van der Waals surface area (Å²) in [5.74, 6) is 1.94. The van der Waals surface area contributed by atoms with Crippen LogP contribution in [-0.4, -0.2) is 43.2 Å². The molecule has 0 saturated carbocycles. The van der Waals surface area contributed by atoms with Gasteiger partial charge in [0.2, 0.25) is 0 Å². The van der Waals surface area contributed by atoms with Crippen LogP contribution in [0.25, 0.3) is 11.1 Å². The van der Waals surface area contributed by atoms with Gasteiger partial charge in [-0.3, -0.25) is 4.98 Å². The van der Waals surface area contributed by atoms with Gasteiger partial charge in [0.15, 0.2) is 17.5 Å². The highest BCUT2D eigenvalue weighted by Gasteiger charge is 2.41. The number of benzene rings is 2. The molecule has 1 aromatic heterocycles. The molecule has 0 radical (unpaired) electrons. The summed E-state index contributed by atoms with van der Waals surface area (Å²) in [5, 5.41) is 0. The number of likely N-dealkylation sites (N-methyl/N-ethyl adjacent to an activating group) is 1. The van der Waals surface area contributed by atoms with Crippen molar-refractivity contribution in [2.24, 2.45) is 10.7 Å². The maximum absolute atomic E-state index is 6.26. The highest BCUT2D eigenvalue weighted by molar-refractivity contribution is 5.82. The van der Waals surface area contributed by atoms with Gasteiger partial charge >= 0.3 is 0 Å². The van der Waals surface area contributed by atoms with E-state index in [9.17, 15) is 0 Å². The average molecular weight is 417 g/mol. The van der Waals surface area contributed by atoms with Crippen LogP contribution in [0.4, 0.5) is 0 Å². The van der Waals surface area contributed by atoms with Crippen LogP contribution in [0.2, 0.25) is 0 Å². The Hall–Kier alpha value is -3.54. The fourth-order valence-electron chi connectivity index (χ4n) is 3.97. The topological polar surface area (TPSA) is 73.0 Å². The van der Waals surface area contributed by atoms with Crippen molar-refractivity contribution in [2.45, 2.75) is 18.9 Å². The highest BCUT2D eigenvalue weighted by atomic mass is 16.5. The Kier molecular flexibility index (Phi) is 5.80. The average Bonchev–Trinajstić information content (AvgIpc) is 3.13. The number of hydrogen-bond donors (Lipinski definition) is 1. The molecule has 160 valence electrons. The second-order valence-electron chi connectivity index (χ2n) is 7.72. The van der Waals surface area contributed by atoms with Crippen LogP contribution >= 0.6 is 0 Å². The molecule has 3 aromatic rings. The molecule has 2 aromatic carbocycles. The zero-order valence-electron chi connectivity index (χ0n) is 18.2. The molecule has 2 N–H and O–H groups in total. The third kappa shape index (κ3) is 3.93. The molecule has 0 aliphatic carbocycles. The second kappa shape index (κ2) is 8.68. The summed E-state index contributed by atoms with van der Waals surface area (Å²) in [4.78, 5) is 11.2. The molecule has 1 atom stereocenters. The third-order valence-electron chi connectivity index (χ3n) is 5.60. The quantitative estimate of drug-likeness (QED) is 0.629. The molecule has 2 heterocycles. The molecule has 6 heteroatoms. The monoisotopic (exact) mass is 416 g/mol. The number of nitrogens with two attached hydrogens (primary N) is 1. The van der Waals surface area contributed by atoms with Gasteiger partial charge in [-0.2, -0.15) is 0 Å². The summed E-state index contributed by atoms with van der Waals surface area (Å²) in [6.07, 6.45) is 4.56. The lowest BCUT2D eigenvalue weighted by molar-refractivity contribution is 0.293. The predicted octanol–water partition coefficient (Wildman–Crippen LogP) is 4.05. The van der Waals surface area contributed by atoms with Crippen molar-refractivity contribution in [3.8, 4) is 22.6 Å². The van der Waals surface area contributed by atoms with Crippen molar-refractivity contribution in [3.63, 3.8) is 0 Å². The predicted molar refractivity (Wildman–Crippen MR) is 123 cm³/mol. The highest BCUT2D eigenvalue weighted by Crippen LogP contribution is 2.42. The lowest BCUT2D eigenvalue weighted by Crippen LogP contribution is -2.34. The number of methoxy groups -OCH3 is 1. The fourth-order valence-corrected chi connectivity index (χ4v) is 3.97. The van der Waals surface area contributed by atoms with Crippen LogP contribution in [0.5, 0.6) is 11.5 Å². The maximum Gasteiger partial charge on any atom is 0.192 e. The van der Waals surface area contributed by atoms with Crippen LogP contribution in [0.1, 0.15) is 24.5 Å². The number of aromatic nitrogens is 1. The zero-order chi connectivity index (χ0) is 21.8. The van der Waals surface area contributed by atoms with Gasteiger partial charge in [0.25, 0.3) is 0 Å². The minimum Gasteiger partial charge on any atom is -0.493 e. The van der Waals surface area contributed by atoms with Crippen LogP contribution in [0.15, 0.2) is 72.0 Å². The minimum absolute atomic E-state index is 0.513. The Morgan fingerprint density at radius 1 is 1.03 bits per heavy atom. The molecule has 6 nitrogen and oxygen atoms in total. The Balaban J connectivity index is 1.85. The summed E-state index contributed by atoms with van der Waals surface area (Å²) in [7, 11) is 3.62. The number of nitrogens with zero attached hydrogens (tertiary/aromatic N) is 3. The van der Waals surface area contributed by atoms with Crippen LogP contribution < -0.4 is 15.2 Å². The molecule has 0 amide bonds. The van der Waals surface area contributed by atoms with Crippen molar-refractivity contribution in [3.05, 3.63) is 78.1 Å². The SMILES string of the molecule is CCCOc1cc(C2(c3cccc(-c4cccnc4)c3)CN(C)C(N)=N2)ccc1OC. The molecule has 31 heavy (non-hydrogen) atoms. The number of rotatable bonds is 7. The standard InChI is InChI=1S/C25H28N4O2/c1-4-13-31-23-15-21(10-11-22(23)30-3)25(17-29(2)24(26)28-25)20-9-5-7-18(14-20)19-8-6-12-27-16-19/h5-12,14-16H,4,13,17H2,1-3H3,(H2,26,28). The summed E-state index contributed by atoms with van der Waals surface area (Å²) in [6.45, 7) is 3.34. The molecule has 0 bridgehead atoms. The van der Waals surface area contributed by atoms with Gasteiger partial charge in [0, 0.05) is 19.4 Å². The first-order chi connectivity index (χ1) is 15.1. The van der Waals surface area contributed by atoms with Gasteiger partial charge in [-0.1, -0.05) is 37.3 Å². The first-order valence-electron chi connectivity index (χ1n) is 10.5. The smallest absolute Gasteiger partial charge is 0.192 e. The second-order valence-corrected chi connectivity index (χ2v) is 7.72. The van der Waals surface area contributed by atoms with Gasteiger partial charge in [-0.05, 0) is 52.9 Å². The first kappa shape index (κ1) is 20.7. The van der Waals surface area contributed by atoms with Gasteiger partial charge in [0.05, 0.1) is 20.3 Å². The Labute approximate surface area is 183 Å². The zero-order valence-corrected chi connectivity index (χ0v) is 18.2. The first-order valence-corrected chi connectivity index (χ1v) is 10.5. The number of hydrogen-bond acceptors (Lipinski definition) is 6. The van der Waals surface area contributed by atoms with Crippen LogP contribution in [0.3, 0.4) is 0 Å². The van der Waals surface area contributed by atoms with Gasteiger partial charge < -0.3 is 20.1 Å². The van der Waals surface area contributed by atoms with E-state index in [0.717, 1.165) is 28.7 Å². The van der Waals surface area contributed by atoms with E-state index in [1.165, 1.54) is 0 Å². The van der Waals surface area contributed by atoms with E-state index >= 15 is 0 Å². The fraction of sp³-hybridized carbons (Fsp3) is 0.280. The summed E-state index contributed by atoms with van der Waals surface area (Å²) in [6, 6.07) is 18.4. The van der Waals surface area contributed by atoms with Crippen molar-refractivity contribution < 1.29 is 9.47 Å². The van der Waals surface area contributed by atoms with E-state index in [1.54, 1.807) is 13.3 Å². The van der Waals surface area contributed by atoms with E-state index in [0.29, 0.717) is 30.6 Å². The van der Waals surface area contributed by atoms with Gasteiger partial charge in [-0.15, -0.1) is 0 Å². The molecular formula is C25H28N4O2. The normalized spacial score (nSPS) is 18.0. The van der Waals surface area contributed by atoms with Gasteiger partial charge in [-0.25, -0.2) is 4.99 Å². The third-order valence-corrected chi connectivity index (χ3v) is 5.60. The van der Waals surface area contributed by atoms with E-state index in [1.807, 2.05) is 42.4 Å². The van der Waals surface area contributed by atoms with Crippen molar-refractivity contribution >= 4 is 5.96 Å². The Bertz CT molecular complexity index is 1080. The van der Waals surface area contributed by atoms with E-state index in [2.05, 4.69) is 42.2 Å². The van der Waals surface area contributed by atoms with Crippen molar-refractivity contribution in [1.82, 2.24) is 9.88 Å². The van der Waals surface area contributed by atoms with E-state index in [4.69, 9.17) is 20.2 Å².